The molecule has 2 unspecified atom stereocenters. The molecule has 1 rings (SSSR count). The fourth-order valence-corrected chi connectivity index (χ4v) is 1.58. The third kappa shape index (κ3) is 3.82. The van der Waals surface area contributed by atoms with E-state index in [0.29, 0.717) is 0 Å². The van der Waals surface area contributed by atoms with Crippen molar-refractivity contribution in [2.75, 3.05) is 0 Å². The van der Waals surface area contributed by atoms with Gasteiger partial charge in [-0.3, -0.25) is 0 Å². The molecule has 0 saturated heterocycles. The van der Waals surface area contributed by atoms with Gasteiger partial charge in [0.1, 0.15) is 0 Å². The first-order valence-electron chi connectivity index (χ1n) is 5.17. The predicted octanol–water partition coefficient (Wildman–Crippen LogP) is 3.15. The van der Waals surface area contributed by atoms with Gasteiger partial charge in [-0.15, -0.1) is 0 Å². The Morgan fingerprint density at radius 1 is 1.13 bits per heavy atom. The van der Waals surface area contributed by atoms with Gasteiger partial charge in [0.2, 0.25) is 0 Å². The van der Waals surface area contributed by atoms with E-state index in [9.17, 15) is 0 Å². The van der Waals surface area contributed by atoms with E-state index in [2.05, 4.69) is 0 Å². The van der Waals surface area contributed by atoms with Crippen LogP contribution in [0.1, 0.15) is 32.4 Å². The molecule has 84 valence electrons. The molecule has 1 aromatic rings. The van der Waals surface area contributed by atoms with E-state index >= 15 is 0 Å². The lowest BCUT2D eigenvalue weighted by Crippen LogP contribution is -2.28. The third-order valence-electron chi connectivity index (χ3n) is 2.09. The van der Waals surface area contributed by atoms with Crippen LogP contribution in [0.15, 0.2) is 24.3 Å². The van der Waals surface area contributed by atoms with Crippen LogP contribution in [0.4, 0.5) is 0 Å². The van der Waals surface area contributed by atoms with E-state index in [1.54, 1.807) is 0 Å². The molecule has 0 spiro atoms. The quantitative estimate of drug-likeness (QED) is 0.858. The van der Waals surface area contributed by atoms with E-state index in [1.807, 2.05) is 45.0 Å². The fourth-order valence-electron chi connectivity index (χ4n) is 1.45. The number of hydrogen-bond donors (Lipinski definition) is 1. The number of benzene rings is 1. The highest BCUT2D eigenvalue weighted by Gasteiger charge is 2.17. The average Bonchev–Trinajstić information content (AvgIpc) is 2.15. The minimum absolute atomic E-state index is 0.0337. The highest BCUT2D eigenvalue weighted by Crippen LogP contribution is 2.23. The number of hydrogen-bond acceptors (Lipinski definition) is 2. The smallest absolute Gasteiger partial charge is 0.0976 e. The van der Waals surface area contributed by atoms with Gasteiger partial charge in [-0.2, -0.15) is 0 Å². The summed E-state index contributed by atoms with van der Waals surface area (Å²) in [6.07, 6.45) is 0.0962. The van der Waals surface area contributed by atoms with Crippen LogP contribution >= 0.6 is 11.6 Å². The van der Waals surface area contributed by atoms with Crippen LogP contribution in [0, 0.1) is 0 Å². The van der Waals surface area contributed by atoms with E-state index in [4.69, 9.17) is 22.1 Å². The van der Waals surface area contributed by atoms with Crippen LogP contribution in [0.5, 0.6) is 0 Å². The first-order valence-corrected chi connectivity index (χ1v) is 5.55. The molecule has 0 aliphatic carbocycles. The summed E-state index contributed by atoms with van der Waals surface area (Å²) < 4.78 is 5.77. The Balaban J connectivity index is 2.84. The van der Waals surface area contributed by atoms with Gasteiger partial charge in [-0.05, 0) is 38.5 Å². The van der Waals surface area contributed by atoms with Crippen molar-refractivity contribution in [1.29, 1.82) is 0 Å². The third-order valence-corrected chi connectivity index (χ3v) is 2.35. The molecule has 0 aromatic heterocycles. The van der Waals surface area contributed by atoms with Crippen LogP contribution in [0.25, 0.3) is 0 Å². The maximum Gasteiger partial charge on any atom is 0.0976 e. The lowest BCUT2D eigenvalue weighted by atomic mass is 10.0. The van der Waals surface area contributed by atoms with Crippen LogP contribution in [0.2, 0.25) is 5.02 Å². The molecule has 0 saturated carbocycles. The largest absolute Gasteiger partial charge is 0.369 e. The Hall–Kier alpha value is -0.570. The zero-order valence-electron chi connectivity index (χ0n) is 9.41. The zero-order valence-corrected chi connectivity index (χ0v) is 10.2. The molecule has 0 amide bonds. The van der Waals surface area contributed by atoms with Crippen molar-refractivity contribution in [2.45, 2.75) is 39.0 Å². The molecule has 3 heteroatoms. The lowest BCUT2D eigenvalue weighted by molar-refractivity contribution is -0.00511. The van der Waals surface area contributed by atoms with Crippen molar-refractivity contribution < 1.29 is 4.74 Å². The summed E-state index contributed by atoms with van der Waals surface area (Å²) in [7, 11) is 0. The molecule has 15 heavy (non-hydrogen) atoms. The normalized spacial score (nSPS) is 15.3. The van der Waals surface area contributed by atoms with Crippen LogP contribution in [-0.2, 0) is 4.74 Å². The molecule has 0 fully saturated rings. The number of ether oxygens (including phenoxy) is 1. The first-order chi connectivity index (χ1) is 7.00. The van der Waals surface area contributed by atoms with Gasteiger partial charge in [0, 0.05) is 11.1 Å². The Morgan fingerprint density at radius 3 is 2.07 bits per heavy atom. The second kappa shape index (κ2) is 5.50. The van der Waals surface area contributed by atoms with Gasteiger partial charge in [0.15, 0.2) is 0 Å². The van der Waals surface area contributed by atoms with Gasteiger partial charge < -0.3 is 10.5 Å². The summed E-state index contributed by atoms with van der Waals surface area (Å²) in [5.41, 5.74) is 6.97. The SMILES string of the molecule is CC(C)OC(c1ccc(Cl)cc1)C(C)N. The maximum atomic E-state index is 5.90. The number of nitrogens with two attached hydrogens (primary N) is 1. The van der Waals surface area contributed by atoms with E-state index in [0.717, 1.165) is 10.6 Å². The van der Waals surface area contributed by atoms with Crippen LogP contribution in [-0.4, -0.2) is 12.1 Å². The average molecular weight is 228 g/mol. The molecule has 0 aliphatic rings. The second-order valence-corrected chi connectivity index (χ2v) is 4.45. The van der Waals surface area contributed by atoms with Crippen molar-refractivity contribution in [3.05, 3.63) is 34.9 Å². The summed E-state index contributed by atoms with van der Waals surface area (Å²) in [6.45, 7) is 5.96. The summed E-state index contributed by atoms with van der Waals surface area (Å²) in [4.78, 5) is 0. The molecule has 0 heterocycles. The Labute approximate surface area is 96.4 Å². The molecular formula is C12H18ClNO. The Kier molecular flexibility index (Phi) is 4.58. The standard InChI is InChI=1S/C12H18ClNO/c1-8(2)15-12(9(3)14)10-4-6-11(13)7-5-10/h4-9,12H,14H2,1-3H3. The topological polar surface area (TPSA) is 35.2 Å². The fraction of sp³-hybridized carbons (Fsp3) is 0.500. The molecule has 0 bridgehead atoms. The molecular weight excluding hydrogens is 210 g/mol. The van der Waals surface area contributed by atoms with Crippen molar-refractivity contribution in [2.24, 2.45) is 5.73 Å². The van der Waals surface area contributed by atoms with E-state index in [1.165, 1.54) is 0 Å². The molecule has 1 aromatic carbocycles. The van der Waals surface area contributed by atoms with Crippen molar-refractivity contribution >= 4 is 11.6 Å². The van der Waals surface area contributed by atoms with Crippen LogP contribution in [0.3, 0.4) is 0 Å². The molecule has 2 N–H and O–H groups in total. The monoisotopic (exact) mass is 227 g/mol. The Morgan fingerprint density at radius 2 is 1.67 bits per heavy atom. The second-order valence-electron chi connectivity index (χ2n) is 4.02. The van der Waals surface area contributed by atoms with Gasteiger partial charge in [-0.25, -0.2) is 0 Å². The van der Waals surface area contributed by atoms with E-state index < -0.39 is 0 Å². The number of halogens is 1. The molecule has 2 nitrogen and oxygen atoms in total. The highest BCUT2D eigenvalue weighted by molar-refractivity contribution is 6.30. The van der Waals surface area contributed by atoms with Gasteiger partial charge in [0.25, 0.3) is 0 Å². The highest BCUT2D eigenvalue weighted by atomic mass is 35.5. The number of rotatable bonds is 4. The summed E-state index contributed by atoms with van der Waals surface area (Å²) >= 11 is 5.83. The maximum absolute atomic E-state index is 5.90. The van der Waals surface area contributed by atoms with Gasteiger partial charge >= 0.3 is 0 Å². The molecule has 2 atom stereocenters. The van der Waals surface area contributed by atoms with E-state index in [-0.39, 0.29) is 18.2 Å². The lowest BCUT2D eigenvalue weighted by Gasteiger charge is -2.24. The van der Waals surface area contributed by atoms with Crippen LogP contribution < -0.4 is 5.73 Å². The molecule has 0 radical (unpaired) electrons. The Bertz CT molecular complexity index is 295. The minimum Gasteiger partial charge on any atom is -0.369 e. The summed E-state index contributed by atoms with van der Waals surface area (Å²) in [6, 6.07) is 7.59. The molecule has 0 aliphatic heterocycles. The van der Waals surface area contributed by atoms with Crippen molar-refractivity contribution in [1.82, 2.24) is 0 Å². The summed E-state index contributed by atoms with van der Waals surface area (Å²) in [5, 5.41) is 0.728. The van der Waals surface area contributed by atoms with Gasteiger partial charge in [0.05, 0.1) is 12.2 Å². The predicted molar refractivity (Wildman–Crippen MR) is 64.1 cm³/mol. The summed E-state index contributed by atoms with van der Waals surface area (Å²) in [5.74, 6) is 0. The van der Waals surface area contributed by atoms with Crippen molar-refractivity contribution in [3.63, 3.8) is 0 Å². The van der Waals surface area contributed by atoms with Crippen molar-refractivity contribution in [3.8, 4) is 0 Å². The first kappa shape index (κ1) is 12.5. The van der Waals surface area contributed by atoms with Gasteiger partial charge in [-0.1, -0.05) is 23.7 Å². The minimum atomic E-state index is -0.0673. The zero-order chi connectivity index (χ0) is 11.4.